The van der Waals surface area contributed by atoms with Crippen molar-refractivity contribution < 1.29 is 4.39 Å². The minimum Gasteiger partial charge on any atom is -0.387 e. The molecule has 0 amide bonds. The Morgan fingerprint density at radius 1 is 1.54 bits per heavy atom. The highest BCUT2D eigenvalue weighted by molar-refractivity contribution is 8.00. The summed E-state index contributed by atoms with van der Waals surface area (Å²) >= 11 is 1.35. The lowest BCUT2D eigenvalue weighted by Gasteiger charge is -2.01. The molecule has 0 aromatic heterocycles. The van der Waals surface area contributed by atoms with Gasteiger partial charge in [0.15, 0.2) is 0 Å². The predicted molar refractivity (Wildman–Crippen MR) is 54.7 cm³/mol. The predicted octanol–water partition coefficient (Wildman–Crippen LogP) is 1.90. The van der Waals surface area contributed by atoms with Crippen molar-refractivity contribution in [1.82, 2.24) is 0 Å². The Kier molecular flexibility index (Phi) is 3.76. The maximum atomic E-state index is 13.0. The number of hydrogen-bond acceptors (Lipinski definition) is 2. The van der Waals surface area contributed by atoms with Crippen molar-refractivity contribution in [3.05, 3.63) is 30.1 Å². The topological polar surface area (TPSA) is 38.4 Å². The molecule has 0 saturated carbocycles. The molecule has 0 bridgehead atoms. The monoisotopic (exact) mass is 198 g/mol. The van der Waals surface area contributed by atoms with E-state index in [0.717, 1.165) is 0 Å². The molecule has 1 aromatic carbocycles. The van der Waals surface area contributed by atoms with E-state index in [1.54, 1.807) is 25.2 Å². The average molecular weight is 198 g/mol. The van der Waals surface area contributed by atoms with Crippen LogP contribution >= 0.6 is 11.8 Å². The van der Waals surface area contributed by atoms with Crippen LogP contribution in [0.2, 0.25) is 0 Å². The Hall–Kier alpha value is -1.03. The fourth-order valence-corrected chi connectivity index (χ4v) is 1.59. The van der Waals surface area contributed by atoms with Crippen molar-refractivity contribution in [2.75, 3.05) is 12.8 Å². The van der Waals surface area contributed by atoms with E-state index in [4.69, 9.17) is 5.73 Å². The number of rotatable bonds is 3. The van der Waals surface area contributed by atoms with E-state index in [1.807, 2.05) is 0 Å². The molecule has 2 nitrogen and oxygen atoms in total. The molecule has 0 spiro atoms. The van der Waals surface area contributed by atoms with Crippen LogP contribution < -0.4 is 5.73 Å². The zero-order valence-electron chi connectivity index (χ0n) is 7.33. The number of thioether (sulfide) groups is 1. The van der Waals surface area contributed by atoms with Gasteiger partial charge in [-0.3, -0.25) is 4.99 Å². The van der Waals surface area contributed by atoms with Gasteiger partial charge in [-0.1, -0.05) is 12.1 Å². The standard InChI is InChI=1S/C9H11FN2S/c1-12-9(11)6-13-8-5-3-2-4-7(8)10/h2-5H,6H2,1H3,(H2,11,12). The number of aliphatic imine (C=N–C) groups is 1. The van der Waals surface area contributed by atoms with Crippen molar-refractivity contribution in [1.29, 1.82) is 0 Å². The first-order chi connectivity index (χ1) is 6.24. The fourth-order valence-electron chi connectivity index (χ4n) is 0.778. The molecular weight excluding hydrogens is 187 g/mol. The van der Waals surface area contributed by atoms with Gasteiger partial charge in [0.05, 0.1) is 5.75 Å². The van der Waals surface area contributed by atoms with Crippen LogP contribution in [-0.2, 0) is 0 Å². The highest BCUT2D eigenvalue weighted by Gasteiger charge is 2.01. The van der Waals surface area contributed by atoms with Gasteiger partial charge in [-0.25, -0.2) is 4.39 Å². The Balaban J connectivity index is 2.60. The van der Waals surface area contributed by atoms with Gasteiger partial charge < -0.3 is 5.73 Å². The van der Waals surface area contributed by atoms with Gasteiger partial charge in [0, 0.05) is 11.9 Å². The third-order valence-electron chi connectivity index (χ3n) is 1.50. The van der Waals surface area contributed by atoms with Crippen LogP contribution in [0.25, 0.3) is 0 Å². The van der Waals surface area contributed by atoms with E-state index >= 15 is 0 Å². The van der Waals surface area contributed by atoms with E-state index in [9.17, 15) is 4.39 Å². The van der Waals surface area contributed by atoms with Gasteiger partial charge >= 0.3 is 0 Å². The van der Waals surface area contributed by atoms with E-state index in [0.29, 0.717) is 16.5 Å². The summed E-state index contributed by atoms with van der Waals surface area (Å²) in [6, 6.07) is 6.62. The van der Waals surface area contributed by atoms with Crippen LogP contribution in [0.5, 0.6) is 0 Å². The van der Waals surface area contributed by atoms with E-state index in [1.165, 1.54) is 17.8 Å². The summed E-state index contributed by atoms with van der Waals surface area (Å²) in [6.07, 6.45) is 0. The minimum atomic E-state index is -0.212. The Morgan fingerprint density at radius 2 is 2.23 bits per heavy atom. The summed E-state index contributed by atoms with van der Waals surface area (Å²) in [5.41, 5.74) is 5.48. The Bertz CT molecular complexity index is 312. The van der Waals surface area contributed by atoms with Crippen molar-refractivity contribution in [2.24, 2.45) is 10.7 Å². The van der Waals surface area contributed by atoms with Gasteiger partial charge in [-0.15, -0.1) is 11.8 Å². The molecule has 0 atom stereocenters. The molecule has 4 heteroatoms. The Morgan fingerprint density at radius 3 is 2.85 bits per heavy atom. The third-order valence-corrected chi connectivity index (χ3v) is 2.58. The molecule has 70 valence electrons. The second-order valence-corrected chi connectivity index (χ2v) is 3.45. The molecule has 1 rings (SSSR count). The molecule has 0 saturated heterocycles. The van der Waals surface area contributed by atoms with Crippen LogP contribution in [0.4, 0.5) is 4.39 Å². The minimum absolute atomic E-state index is 0.212. The highest BCUT2D eigenvalue weighted by atomic mass is 32.2. The first-order valence-electron chi connectivity index (χ1n) is 3.82. The van der Waals surface area contributed by atoms with Gasteiger partial charge in [0.1, 0.15) is 11.7 Å². The molecule has 1 aromatic rings. The van der Waals surface area contributed by atoms with Crippen molar-refractivity contribution in [2.45, 2.75) is 4.90 Å². The number of nitrogens with zero attached hydrogens (tertiary/aromatic N) is 1. The number of amidine groups is 1. The molecule has 2 N–H and O–H groups in total. The lowest BCUT2D eigenvalue weighted by molar-refractivity contribution is 0.602. The molecule has 0 aliphatic rings. The quantitative estimate of drug-likeness (QED) is 0.457. The smallest absolute Gasteiger partial charge is 0.136 e. The van der Waals surface area contributed by atoms with Gasteiger partial charge in [-0.05, 0) is 12.1 Å². The van der Waals surface area contributed by atoms with Gasteiger partial charge in [0.25, 0.3) is 0 Å². The van der Waals surface area contributed by atoms with Crippen LogP contribution in [0.15, 0.2) is 34.2 Å². The molecule has 0 aliphatic carbocycles. The molecule has 0 heterocycles. The van der Waals surface area contributed by atoms with Crippen LogP contribution in [-0.4, -0.2) is 18.6 Å². The third kappa shape index (κ3) is 3.06. The number of benzene rings is 1. The molecule has 13 heavy (non-hydrogen) atoms. The first kappa shape index (κ1) is 10.1. The highest BCUT2D eigenvalue weighted by Crippen LogP contribution is 2.20. The van der Waals surface area contributed by atoms with Crippen molar-refractivity contribution >= 4 is 17.6 Å². The Labute approximate surface area is 81.1 Å². The summed E-state index contributed by atoms with van der Waals surface area (Å²) in [4.78, 5) is 4.39. The summed E-state index contributed by atoms with van der Waals surface area (Å²) in [6.45, 7) is 0. The molecular formula is C9H11FN2S. The molecule has 0 radical (unpaired) electrons. The molecule has 0 fully saturated rings. The number of hydrogen-bond donors (Lipinski definition) is 1. The van der Waals surface area contributed by atoms with Gasteiger partial charge in [0.2, 0.25) is 0 Å². The average Bonchev–Trinajstić information content (AvgIpc) is 2.16. The normalized spacial score (nSPS) is 11.7. The van der Waals surface area contributed by atoms with Crippen LogP contribution in [0, 0.1) is 5.82 Å². The molecule has 0 aliphatic heterocycles. The van der Waals surface area contributed by atoms with Crippen molar-refractivity contribution in [3.8, 4) is 0 Å². The number of nitrogens with two attached hydrogens (primary N) is 1. The summed E-state index contributed by atoms with van der Waals surface area (Å²) < 4.78 is 13.0. The SMILES string of the molecule is CN=C(N)CSc1ccccc1F. The van der Waals surface area contributed by atoms with E-state index < -0.39 is 0 Å². The summed E-state index contributed by atoms with van der Waals surface area (Å²) in [5, 5.41) is 0. The zero-order valence-corrected chi connectivity index (χ0v) is 8.14. The second kappa shape index (κ2) is 4.87. The van der Waals surface area contributed by atoms with E-state index in [-0.39, 0.29) is 5.82 Å². The summed E-state index contributed by atoms with van der Waals surface area (Å²) in [7, 11) is 1.62. The van der Waals surface area contributed by atoms with E-state index in [2.05, 4.69) is 4.99 Å². The lowest BCUT2D eigenvalue weighted by Crippen LogP contribution is -2.14. The van der Waals surface area contributed by atoms with Crippen LogP contribution in [0.3, 0.4) is 0 Å². The summed E-state index contributed by atoms with van der Waals surface area (Å²) in [5.74, 6) is 0.835. The number of halogens is 1. The zero-order chi connectivity index (χ0) is 9.68. The fraction of sp³-hybridized carbons (Fsp3) is 0.222. The maximum Gasteiger partial charge on any atom is 0.136 e. The lowest BCUT2D eigenvalue weighted by atomic mass is 10.3. The molecule has 0 unspecified atom stereocenters. The van der Waals surface area contributed by atoms with Gasteiger partial charge in [-0.2, -0.15) is 0 Å². The first-order valence-corrected chi connectivity index (χ1v) is 4.81. The van der Waals surface area contributed by atoms with Crippen LogP contribution in [0.1, 0.15) is 0 Å². The van der Waals surface area contributed by atoms with Crippen molar-refractivity contribution in [3.63, 3.8) is 0 Å². The maximum absolute atomic E-state index is 13.0. The largest absolute Gasteiger partial charge is 0.387 e. The second-order valence-electron chi connectivity index (χ2n) is 2.43.